The summed E-state index contributed by atoms with van der Waals surface area (Å²) < 4.78 is 4.86. The maximum absolute atomic E-state index is 11.5. The highest BCUT2D eigenvalue weighted by atomic mass is 28.1. The van der Waals surface area contributed by atoms with Crippen molar-refractivity contribution in [3.8, 4) is 0 Å². The first-order valence-electron chi connectivity index (χ1n) is 4.05. The van der Waals surface area contributed by atoms with Gasteiger partial charge < -0.3 is 4.74 Å². The third-order valence-electron chi connectivity index (χ3n) is 1.62. The quantitative estimate of drug-likeness (QED) is 0.329. The lowest BCUT2D eigenvalue weighted by Gasteiger charge is -2.09. The molecule has 1 atom stereocenters. The molecule has 0 heterocycles. The highest BCUT2D eigenvalue weighted by Crippen LogP contribution is 1.99. The molecular weight excluding hydrogens is 194 g/mol. The van der Waals surface area contributed by atoms with E-state index in [4.69, 9.17) is 10.5 Å². The Kier molecular flexibility index (Phi) is 3.61. The Bertz CT molecular complexity index is 352. The van der Waals surface area contributed by atoms with Crippen LogP contribution in [0.2, 0.25) is 0 Å². The van der Waals surface area contributed by atoms with Gasteiger partial charge in [0.2, 0.25) is 0 Å². The Labute approximate surface area is 86.0 Å². The SMILES string of the molecule is C=CC(N)OC(=O)c1ccccc1[Si]. The fourth-order valence-electron chi connectivity index (χ4n) is 0.896. The lowest BCUT2D eigenvalue weighted by atomic mass is 10.2. The van der Waals surface area contributed by atoms with Gasteiger partial charge in [0, 0.05) is 0 Å². The van der Waals surface area contributed by atoms with Gasteiger partial charge in [-0.05, 0) is 12.1 Å². The molecule has 1 unspecified atom stereocenters. The summed E-state index contributed by atoms with van der Waals surface area (Å²) in [7, 11) is 3.29. The van der Waals surface area contributed by atoms with Crippen LogP contribution >= 0.6 is 0 Å². The molecule has 0 fully saturated rings. The summed E-state index contributed by atoms with van der Waals surface area (Å²) in [5, 5.41) is 0.675. The maximum atomic E-state index is 11.5. The van der Waals surface area contributed by atoms with Crippen molar-refractivity contribution in [1.82, 2.24) is 0 Å². The van der Waals surface area contributed by atoms with E-state index in [0.29, 0.717) is 10.8 Å². The summed E-state index contributed by atoms with van der Waals surface area (Å²) in [6.07, 6.45) is 0.586. The molecule has 0 aliphatic carbocycles. The van der Waals surface area contributed by atoms with Crippen LogP contribution in [-0.2, 0) is 4.74 Å². The van der Waals surface area contributed by atoms with Crippen molar-refractivity contribution in [2.45, 2.75) is 6.23 Å². The molecule has 71 valence electrons. The number of hydrogen-bond acceptors (Lipinski definition) is 3. The fraction of sp³-hybridized carbons (Fsp3) is 0.100. The van der Waals surface area contributed by atoms with E-state index in [1.165, 1.54) is 6.08 Å². The van der Waals surface area contributed by atoms with Crippen molar-refractivity contribution in [2.24, 2.45) is 5.73 Å². The van der Waals surface area contributed by atoms with Crippen molar-refractivity contribution >= 4 is 21.4 Å². The molecule has 0 saturated heterocycles. The minimum absolute atomic E-state index is 0.446. The predicted octanol–water partition coefficient (Wildman–Crippen LogP) is 0.108. The third-order valence-corrected chi connectivity index (χ3v) is 2.06. The minimum Gasteiger partial charge on any atom is -0.440 e. The summed E-state index contributed by atoms with van der Waals surface area (Å²) in [6.45, 7) is 3.42. The zero-order valence-electron chi connectivity index (χ0n) is 7.57. The average molecular weight is 204 g/mol. The van der Waals surface area contributed by atoms with E-state index in [0.717, 1.165) is 0 Å². The number of benzene rings is 1. The van der Waals surface area contributed by atoms with Gasteiger partial charge in [-0.1, -0.05) is 30.0 Å². The number of nitrogens with two attached hydrogens (primary N) is 1. The number of ether oxygens (including phenoxy) is 1. The molecule has 0 spiro atoms. The molecule has 1 aromatic rings. The van der Waals surface area contributed by atoms with Crippen molar-refractivity contribution in [1.29, 1.82) is 0 Å². The molecule has 0 aliphatic heterocycles. The van der Waals surface area contributed by atoms with Crippen molar-refractivity contribution in [3.05, 3.63) is 42.5 Å². The average Bonchev–Trinajstić information content (AvgIpc) is 2.18. The van der Waals surface area contributed by atoms with Crippen LogP contribution in [-0.4, -0.2) is 22.4 Å². The van der Waals surface area contributed by atoms with Gasteiger partial charge in [0.05, 0.1) is 15.8 Å². The molecule has 0 aromatic heterocycles. The number of hydrogen-bond donors (Lipinski definition) is 1. The normalized spacial score (nSPS) is 11.9. The van der Waals surface area contributed by atoms with E-state index >= 15 is 0 Å². The van der Waals surface area contributed by atoms with Gasteiger partial charge in [0.25, 0.3) is 0 Å². The molecule has 4 heteroatoms. The lowest BCUT2D eigenvalue weighted by molar-refractivity contribution is 0.0408. The first-order chi connectivity index (χ1) is 6.65. The van der Waals surface area contributed by atoms with Crippen molar-refractivity contribution in [2.75, 3.05) is 0 Å². The van der Waals surface area contributed by atoms with Gasteiger partial charge in [-0.15, -0.1) is 0 Å². The molecule has 1 rings (SSSR count). The lowest BCUT2D eigenvalue weighted by Crippen LogP contribution is -2.27. The molecule has 1 aromatic carbocycles. The number of carbonyl (C=O) groups is 1. The Morgan fingerprint density at radius 1 is 1.57 bits per heavy atom. The van der Waals surface area contributed by atoms with Crippen molar-refractivity contribution in [3.63, 3.8) is 0 Å². The number of carbonyl (C=O) groups excluding carboxylic acids is 1. The van der Waals surface area contributed by atoms with Gasteiger partial charge in [-0.25, -0.2) is 4.79 Å². The molecule has 0 amide bonds. The Hall–Kier alpha value is -1.39. The highest BCUT2D eigenvalue weighted by molar-refractivity contribution is 6.36. The minimum atomic E-state index is -0.770. The molecule has 0 saturated carbocycles. The second-order valence-electron chi connectivity index (χ2n) is 2.65. The van der Waals surface area contributed by atoms with Crippen LogP contribution < -0.4 is 10.9 Å². The molecule has 0 bridgehead atoms. The predicted molar refractivity (Wildman–Crippen MR) is 55.4 cm³/mol. The first kappa shape index (κ1) is 10.7. The van der Waals surface area contributed by atoms with E-state index in [-0.39, 0.29) is 0 Å². The molecule has 2 N–H and O–H groups in total. The van der Waals surface area contributed by atoms with Crippen LogP contribution in [0, 0.1) is 0 Å². The van der Waals surface area contributed by atoms with Gasteiger partial charge in [-0.2, -0.15) is 0 Å². The zero-order chi connectivity index (χ0) is 10.6. The molecule has 3 radical (unpaired) electrons. The van der Waals surface area contributed by atoms with Crippen LogP contribution in [0.4, 0.5) is 0 Å². The van der Waals surface area contributed by atoms with E-state index in [1.807, 2.05) is 6.07 Å². The molecule has 0 aliphatic rings. The smallest absolute Gasteiger partial charge is 0.339 e. The highest BCUT2D eigenvalue weighted by Gasteiger charge is 2.11. The first-order valence-corrected chi connectivity index (χ1v) is 4.55. The van der Waals surface area contributed by atoms with Crippen LogP contribution in [0.1, 0.15) is 10.4 Å². The van der Waals surface area contributed by atoms with Crippen LogP contribution in [0.25, 0.3) is 0 Å². The summed E-state index contributed by atoms with van der Waals surface area (Å²) in [6, 6.07) is 6.97. The van der Waals surface area contributed by atoms with Gasteiger partial charge >= 0.3 is 5.97 Å². The molecule has 3 nitrogen and oxygen atoms in total. The topological polar surface area (TPSA) is 52.3 Å². The van der Waals surface area contributed by atoms with Crippen LogP contribution in [0.15, 0.2) is 36.9 Å². The Morgan fingerprint density at radius 2 is 2.21 bits per heavy atom. The summed E-state index contributed by atoms with van der Waals surface area (Å²) in [5.74, 6) is -0.469. The molecular formula is C10H10NO2Si. The number of esters is 1. The molecule has 14 heavy (non-hydrogen) atoms. The van der Waals surface area contributed by atoms with E-state index in [2.05, 4.69) is 16.8 Å². The zero-order valence-corrected chi connectivity index (χ0v) is 8.57. The summed E-state index contributed by atoms with van der Waals surface area (Å²) >= 11 is 0. The second kappa shape index (κ2) is 4.73. The van der Waals surface area contributed by atoms with Crippen LogP contribution in [0.3, 0.4) is 0 Å². The Morgan fingerprint density at radius 3 is 2.79 bits per heavy atom. The second-order valence-corrected chi connectivity index (χ2v) is 3.19. The van der Waals surface area contributed by atoms with Gasteiger partial charge in [0.15, 0.2) is 6.23 Å². The largest absolute Gasteiger partial charge is 0.440 e. The summed E-state index contributed by atoms with van der Waals surface area (Å²) in [4.78, 5) is 11.5. The maximum Gasteiger partial charge on any atom is 0.339 e. The van der Waals surface area contributed by atoms with E-state index in [1.54, 1.807) is 18.2 Å². The van der Waals surface area contributed by atoms with Gasteiger partial charge in [0.1, 0.15) is 0 Å². The standard InChI is InChI=1S/C10H10NO2Si/c1-2-9(11)13-10(12)7-5-3-4-6-8(7)14/h2-6,9H,1,11H2. The summed E-state index contributed by atoms with van der Waals surface area (Å²) in [5.41, 5.74) is 5.83. The van der Waals surface area contributed by atoms with E-state index in [9.17, 15) is 4.79 Å². The van der Waals surface area contributed by atoms with Gasteiger partial charge in [-0.3, -0.25) is 5.73 Å². The fourth-order valence-corrected chi connectivity index (χ4v) is 1.18. The van der Waals surface area contributed by atoms with E-state index < -0.39 is 12.2 Å². The number of rotatable bonds is 3. The Balaban J connectivity index is 2.80. The monoisotopic (exact) mass is 204 g/mol. The van der Waals surface area contributed by atoms with Crippen molar-refractivity contribution < 1.29 is 9.53 Å². The third kappa shape index (κ3) is 2.55. The van der Waals surface area contributed by atoms with Crippen LogP contribution in [0.5, 0.6) is 0 Å².